The Labute approximate surface area is 135 Å². The van der Waals surface area contributed by atoms with Gasteiger partial charge in [0.05, 0.1) is 6.04 Å². The molecule has 0 fully saturated rings. The number of para-hydroxylation sites is 1. The molecule has 0 aliphatic heterocycles. The van der Waals surface area contributed by atoms with E-state index in [4.69, 9.17) is 4.74 Å². The monoisotopic (exact) mass is 318 g/mol. The molecule has 0 radical (unpaired) electrons. The number of rotatable bonds is 5. The molecule has 5 heteroatoms. The van der Waals surface area contributed by atoms with E-state index in [0.29, 0.717) is 5.88 Å². The molecule has 0 spiro atoms. The molecule has 2 atom stereocenters. The molecule has 0 aliphatic rings. The van der Waals surface area contributed by atoms with Crippen LogP contribution in [0.4, 0.5) is 0 Å². The van der Waals surface area contributed by atoms with Crippen LogP contribution in [-0.4, -0.2) is 14.3 Å². The molecule has 1 aromatic heterocycles. The third kappa shape index (κ3) is 4.73. The Bertz CT molecular complexity index is 582. The van der Waals surface area contributed by atoms with E-state index in [0.717, 1.165) is 11.3 Å². The summed E-state index contributed by atoms with van der Waals surface area (Å²) in [4.78, 5) is 4.30. The summed E-state index contributed by atoms with van der Waals surface area (Å²) in [5.74, 6) is 1.29. The Hall–Kier alpha value is -1.56. The highest BCUT2D eigenvalue weighted by Gasteiger charge is 2.28. The van der Waals surface area contributed by atoms with Gasteiger partial charge >= 0.3 is 0 Å². The highest BCUT2D eigenvalue weighted by Crippen LogP contribution is 2.22. The van der Waals surface area contributed by atoms with Gasteiger partial charge in [0.2, 0.25) is 5.88 Å². The van der Waals surface area contributed by atoms with Crippen molar-refractivity contribution in [2.24, 2.45) is 0 Å². The second-order valence-corrected chi connectivity index (χ2v) is 8.06. The van der Waals surface area contributed by atoms with Crippen LogP contribution in [0.25, 0.3) is 0 Å². The lowest BCUT2D eigenvalue weighted by Gasteiger charge is -2.26. The first-order valence-electron chi connectivity index (χ1n) is 7.23. The molecule has 4 nitrogen and oxygen atoms in total. The molecular weight excluding hydrogens is 296 g/mol. The summed E-state index contributed by atoms with van der Waals surface area (Å²) in [6.07, 6.45) is 1.75. The van der Waals surface area contributed by atoms with Crippen molar-refractivity contribution >= 4 is 11.4 Å². The van der Waals surface area contributed by atoms with Crippen LogP contribution in [0.1, 0.15) is 39.3 Å². The van der Waals surface area contributed by atoms with Gasteiger partial charge in [0.15, 0.2) is 0 Å². The van der Waals surface area contributed by atoms with E-state index in [1.165, 1.54) is 0 Å². The van der Waals surface area contributed by atoms with E-state index in [9.17, 15) is 4.55 Å². The lowest BCUT2D eigenvalue weighted by atomic mass is 10.2. The molecule has 22 heavy (non-hydrogen) atoms. The molecule has 1 heterocycles. The van der Waals surface area contributed by atoms with Gasteiger partial charge < -0.3 is 9.29 Å². The van der Waals surface area contributed by atoms with E-state index in [1.807, 2.05) is 70.2 Å². The Morgan fingerprint density at radius 3 is 2.36 bits per heavy atom. The standard InChI is InChI=1S/C17H22N2O2S/c1-13(19-22(20)17(2,3)4)14-10-11-16(18-12-14)21-15-8-6-5-7-9-15/h5-13,19H,1-4H3/t13?,22-/m1/s1. The largest absolute Gasteiger partial charge is 0.598 e. The van der Waals surface area contributed by atoms with E-state index in [2.05, 4.69) is 9.71 Å². The molecule has 1 aromatic carbocycles. The summed E-state index contributed by atoms with van der Waals surface area (Å²) in [5, 5.41) is 0. The van der Waals surface area contributed by atoms with Gasteiger partial charge in [-0.3, -0.25) is 0 Å². The fraction of sp³-hybridized carbons (Fsp3) is 0.353. The third-order valence-electron chi connectivity index (χ3n) is 3.06. The van der Waals surface area contributed by atoms with Crippen molar-refractivity contribution in [2.45, 2.75) is 38.5 Å². The number of ether oxygens (including phenoxy) is 1. The zero-order chi connectivity index (χ0) is 16.2. The molecule has 0 aliphatic carbocycles. The maximum Gasteiger partial charge on any atom is 0.219 e. The summed E-state index contributed by atoms with van der Waals surface area (Å²) in [6.45, 7) is 7.80. The van der Waals surface area contributed by atoms with Gasteiger partial charge in [-0.25, -0.2) is 4.98 Å². The Balaban J connectivity index is 1.99. The predicted molar refractivity (Wildman–Crippen MR) is 90.2 cm³/mol. The van der Waals surface area contributed by atoms with Crippen LogP contribution in [0.2, 0.25) is 0 Å². The summed E-state index contributed by atoms with van der Waals surface area (Å²) < 4.78 is 20.6. The number of benzene rings is 1. The second-order valence-electron chi connectivity index (χ2n) is 6.07. The first-order chi connectivity index (χ1) is 10.4. The van der Waals surface area contributed by atoms with Gasteiger partial charge in [-0.05, 0) is 45.4 Å². The molecule has 1 N–H and O–H groups in total. The summed E-state index contributed by atoms with van der Waals surface area (Å²) in [7, 11) is 0. The maximum atomic E-state index is 12.1. The molecule has 2 aromatic rings. The molecule has 0 saturated heterocycles. The highest BCUT2D eigenvalue weighted by molar-refractivity contribution is 7.90. The Morgan fingerprint density at radius 2 is 1.82 bits per heavy atom. The van der Waals surface area contributed by atoms with Crippen molar-refractivity contribution < 1.29 is 9.29 Å². The van der Waals surface area contributed by atoms with E-state index in [1.54, 1.807) is 6.20 Å². The van der Waals surface area contributed by atoms with Crippen molar-refractivity contribution in [2.75, 3.05) is 0 Å². The minimum Gasteiger partial charge on any atom is -0.598 e. The van der Waals surface area contributed by atoms with Crippen LogP contribution in [-0.2, 0) is 11.4 Å². The van der Waals surface area contributed by atoms with Crippen molar-refractivity contribution in [3.63, 3.8) is 0 Å². The minimum atomic E-state index is -1.11. The van der Waals surface area contributed by atoms with Crippen LogP contribution in [0.3, 0.4) is 0 Å². The van der Waals surface area contributed by atoms with Gasteiger partial charge in [-0.1, -0.05) is 24.3 Å². The van der Waals surface area contributed by atoms with Gasteiger partial charge in [0.25, 0.3) is 0 Å². The Kier molecular flexibility index (Phi) is 5.45. The zero-order valence-electron chi connectivity index (χ0n) is 13.4. The van der Waals surface area contributed by atoms with E-state index in [-0.39, 0.29) is 10.8 Å². The zero-order valence-corrected chi connectivity index (χ0v) is 14.2. The van der Waals surface area contributed by atoms with Crippen LogP contribution < -0.4 is 9.46 Å². The van der Waals surface area contributed by atoms with Crippen molar-refractivity contribution in [3.05, 3.63) is 54.2 Å². The maximum absolute atomic E-state index is 12.1. The quantitative estimate of drug-likeness (QED) is 0.847. The molecule has 118 valence electrons. The Morgan fingerprint density at radius 1 is 1.14 bits per heavy atom. The highest BCUT2D eigenvalue weighted by atomic mass is 32.2. The van der Waals surface area contributed by atoms with Crippen LogP contribution in [0.5, 0.6) is 11.6 Å². The van der Waals surface area contributed by atoms with Gasteiger partial charge in [0.1, 0.15) is 10.5 Å². The van der Waals surface area contributed by atoms with E-state index >= 15 is 0 Å². The summed E-state index contributed by atoms with van der Waals surface area (Å²) in [5.41, 5.74) is 0.970. The number of nitrogens with one attached hydrogen (secondary N) is 1. The average molecular weight is 318 g/mol. The summed E-state index contributed by atoms with van der Waals surface area (Å²) in [6, 6.07) is 13.2. The molecule has 0 bridgehead atoms. The molecule has 0 saturated carbocycles. The van der Waals surface area contributed by atoms with Gasteiger partial charge in [-0.15, -0.1) is 4.72 Å². The smallest absolute Gasteiger partial charge is 0.219 e. The van der Waals surface area contributed by atoms with Crippen molar-refractivity contribution in [1.29, 1.82) is 0 Å². The summed E-state index contributed by atoms with van der Waals surface area (Å²) >= 11 is -1.11. The van der Waals surface area contributed by atoms with E-state index < -0.39 is 11.4 Å². The lowest BCUT2D eigenvalue weighted by Crippen LogP contribution is -2.40. The molecule has 2 rings (SSSR count). The van der Waals surface area contributed by atoms with Crippen molar-refractivity contribution in [1.82, 2.24) is 9.71 Å². The SMILES string of the molecule is CC(N[S@+]([O-])C(C)(C)C)c1ccc(Oc2ccccc2)nc1. The normalized spacial score (nSPS) is 14.4. The predicted octanol–water partition coefficient (Wildman–Crippen LogP) is 3.99. The molecule has 0 amide bonds. The van der Waals surface area contributed by atoms with Gasteiger partial charge in [-0.2, -0.15) is 0 Å². The van der Waals surface area contributed by atoms with Gasteiger partial charge in [0, 0.05) is 23.6 Å². The molecular formula is C17H22N2O2S. The number of nitrogens with zero attached hydrogens (tertiary/aromatic N) is 1. The first kappa shape index (κ1) is 16.8. The first-order valence-corrected chi connectivity index (χ1v) is 8.38. The fourth-order valence-electron chi connectivity index (χ4n) is 1.72. The van der Waals surface area contributed by atoms with Crippen molar-refractivity contribution in [3.8, 4) is 11.6 Å². The number of pyridine rings is 1. The van der Waals surface area contributed by atoms with Crippen LogP contribution in [0, 0.1) is 0 Å². The topological polar surface area (TPSA) is 57.2 Å². The number of hydrogen-bond acceptors (Lipinski definition) is 4. The number of hydrogen-bond donors (Lipinski definition) is 1. The van der Waals surface area contributed by atoms with Crippen LogP contribution in [0.15, 0.2) is 48.7 Å². The minimum absolute atomic E-state index is 0.0432. The fourth-order valence-corrected chi connectivity index (χ4v) is 2.53. The molecule has 1 unspecified atom stereocenters. The third-order valence-corrected chi connectivity index (χ3v) is 4.74. The lowest BCUT2D eigenvalue weighted by molar-refractivity contribution is 0.462. The van der Waals surface area contributed by atoms with Crippen LogP contribution >= 0.6 is 0 Å². The number of aromatic nitrogens is 1. The average Bonchev–Trinajstić information content (AvgIpc) is 2.48. The second kappa shape index (κ2) is 7.13.